The summed E-state index contributed by atoms with van der Waals surface area (Å²) in [5, 5.41) is 13.5. The van der Waals surface area contributed by atoms with Crippen LogP contribution in [-0.2, 0) is 4.79 Å². The van der Waals surface area contributed by atoms with Gasteiger partial charge in [0.05, 0.1) is 22.4 Å². The van der Waals surface area contributed by atoms with Gasteiger partial charge in [0.25, 0.3) is 5.91 Å². The second-order valence-corrected chi connectivity index (χ2v) is 6.01. The molecule has 1 fully saturated rings. The molecule has 110 valence electrons. The van der Waals surface area contributed by atoms with Crippen LogP contribution in [0.3, 0.4) is 0 Å². The minimum Gasteiger partial charge on any atom is -0.336 e. The molecule has 1 aromatic heterocycles. The molecule has 2 heterocycles. The Morgan fingerprint density at radius 3 is 2.77 bits per heavy atom. The van der Waals surface area contributed by atoms with Gasteiger partial charge >= 0.3 is 0 Å². The zero-order chi connectivity index (χ0) is 15.5. The third kappa shape index (κ3) is 2.85. The Hall–Kier alpha value is -2.65. The molecule has 2 amide bonds. The Morgan fingerprint density at radius 2 is 2.09 bits per heavy atom. The van der Waals surface area contributed by atoms with Gasteiger partial charge in [-0.2, -0.15) is 5.26 Å². The van der Waals surface area contributed by atoms with Crippen LogP contribution in [0.15, 0.2) is 41.8 Å². The summed E-state index contributed by atoms with van der Waals surface area (Å²) in [6, 6.07) is 12.4. The maximum Gasteiger partial charge on any atom is 0.263 e. The first kappa shape index (κ1) is 14.3. The van der Waals surface area contributed by atoms with Crippen LogP contribution in [0, 0.1) is 17.2 Å². The van der Waals surface area contributed by atoms with Gasteiger partial charge in [-0.1, -0.05) is 12.1 Å². The Balaban J connectivity index is 1.55. The van der Waals surface area contributed by atoms with Crippen molar-refractivity contribution in [2.75, 3.05) is 18.4 Å². The van der Waals surface area contributed by atoms with E-state index in [1.807, 2.05) is 17.5 Å². The van der Waals surface area contributed by atoms with Crippen LogP contribution in [0.2, 0.25) is 0 Å². The molecule has 6 heteroatoms. The molecule has 1 aliphatic heterocycles. The summed E-state index contributed by atoms with van der Waals surface area (Å²) in [5.41, 5.74) is 1.10. The molecule has 0 aliphatic carbocycles. The smallest absolute Gasteiger partial charge is 0.263 e. The number of thiophene rings is 1. The molecule has 0 bridgehead atoms. The van der Waals surface area contributed by atoms with E-state index in [1.165, 1.54) is 11.3 Å². The summed E-state index contributed by atoms with van der Waals surface area (Å²) in [7, 11) is 0. The third-order valence-electron chi connectivity index (χ3n) is 3.53. The molecule has 0 saturated carbocycles. The van der Waals surface area contributed by atoms with Crippen molar-refractivity contribution in [3.63, 3.8) is 0 Å². The Morgan fingerprint density at radius 1 is 1.27 bits per heavy atom. The van der Waals surface area contributed by atoms with Crippen molar-refractivity contribution in [3.05, 3.63) is 52.2 Å². The van der Waals surface area contributed by atoms with E-state index in [0.29, 0.717) is 29.2 Å². The van der Waals surface area contributed by atoms with Gasteiger partial charge in [0.2, 0.25) is 5.91 Å². The number of rotatable bonds is 3. The van der Waals surface area contributed by atoms with E-state index in [4.69, 9.17) is 5.26 Å². The summed E-state index contributed by atoms with van der Waals surface area (Å²) in [6.45, 7) is 0.862. The van der Waals surface area contributed by atoms with Crippen LogP contribution < -0.4 is 5.32 Å². The number of carbonyl (C=O) groups is 2. The highest BCUT2D eigenvalue weighted by Gasteiger charge is 2.36. The average molecular weight is 311 g/mol. The first-order chi connectivity index (χ1) is 10.7. The van der Waals surface area contributed by atoms with E-state index in [0.717, 1.165) is 0 Å². The molecule has 1 N–H and O–H groups in total. The predicted molar refractivity (Wildman–Crippen MR) is 83.5 cm³/mol. The molecule has 2 aromatic rings. The fourth-order valence-electron chi connectivity index (χ4n) is 2.28. The van der Waals surface area contributed by atoms with Gasteiger partial charge in [0.1, 0.15) is 0 Å². The quantitative estimate of drug-likeness (QED) is 0.945. The number of hydrogen-bond acceptors (Lipinski definition) is 4. The monoisotopic (exact) mass is 311 g/mol. The second kappa shape index (κ2) is 6.00. The van der Waals surface area contributed by atoms with E-state index in [-0.39, 0.29) is 17.7 Å². The molecule has 0 spiro atoms. The Labute approximate surface area is 131 Å². The molecular weight excluding hydrogens is 298 g/mol. The van der Waals surface area contributed by atoms with Gasteiger partial charge < -0.3 is 10.2 Å². The van der Waals surface area contributed by atoms with Crippen LogP contribution in [0.5, 0.6) is 0 Å². The van der Waals surface area contributed by atoms with Crippen molar-refractivity contribution >= 4 is 28.8 Å². The molecule has 0 radical (unpaired) electrons. The number of nitriles is 1. The molecule has 0 unspecified atom stereocenters. The lowest BCUT2D eigenvalue weighted by Crippen LogP contribution is -2.54. The zero-order valence-corrected chi connectivity index (χ0v) is 12.5. The van der Waals surface area contributed by atoms with E-state index in [1.54, 1.807) is 35.2 Å². The molecule has 3 rings (SSSR count). The maximum absolute atomic E-state index is 12.1. The summed E-state index contributed by atoms with van der Waals surface area (Å²) < 4.78 is 0. The molecule has 0 atom stereocenters. The number of carbonyl (C=O) groups excluding carboxylic acids is 2. The van der Waals surface area contributed by atoms with Crippen LogP contribution in [0.1, 0.15) is 15.2 Å². The topological polar surface area (TPSA) is 73.2 Å². The fourth-order valence-corrected chi connectivity index (χ4v) is 2.97. The average Bonchev–Trinajstić information content (AvgIpc) is 3.00. The molecule has 1 aromatic carbocycles. The number of nitrogens with one attached hydrogen (secondary N) is 1. The maximum atomic E-state index is 12.1. The van der Waals surface area contributed by atoms with Gasteiger partial charge in [0.15, 0.2) is 0 Å². The number of hydrogen-bond donors (Lipinski definition) is 1. The highest BCUT2D eigenvalue weighted by molar-refractivity contribution is 7.12. The van der Waals surface area contributed by atoms with E-state index >= 15 is 0 Å². The lowest BCUT2D eigenvalue weighted by Gasteiger charge is -2.37. The number of benzene rings is 1. The normalized spacial score (nSPS) is 14.0. The highest BCUT2D eigenvalue weighted by Crippen LogP contribution is 2.22. The van der Waals surface area contributed by atoms with Crippen molar-refractivity contribution in [2.24, 2.45) is 5.92 Å². The van der Waals surface area contributed by atoms with Gasteiger partial charge in [-0.15, -0.1) is 11.3 Å². The lowest BCUT2D eigenvalue weighted by atomic mass is 9.98. The first-order valence-corrected chi connectivity index (χ1v) is 7.69. The van der Waals surface area contributed by atoms with Crippen molar-refractivity contribution in [1.29, 1.82) is 5.26 Å². The summed E-state index contributed by atoms with van der Waals surface area (Å²) in [5.74, 6) is -0.342. The molecule has 1 aliphatic rings. The van der Waals surface area contributed by atoms with Gasteiger partial charge in [-0.25, -0.2) is 0 Å². The van der Waals surface area contributed by atoms with E-state index in [2.05, 4.69) is 5.32 Å². The molecular formula is C16H13N3O2S. The van der Waals surface area contributed by atoms with Crippen molar-refractivity contribution in [1.82, 2.24) is 4.90 Å². The number of amides is 2. The van der Waals surface area contributed by atoms with Crippen LogP contribution >= 0.6 is 11.3 Å². The summed E-state index contributed by atoms with van der Waals surface area (Å²) >= 11 is 1.40. The zero-order valence-electron chi connectivity index (χ0n) is 11.7. The number of anilines is 1. The van der Waals surface area contributed by atoms with Crippen molar-refractivity contribution in [2.45, 2.75) is 0 Å². The predicted octanol–water partition coefficient (Wildman–Crippen LogP) is 2.33. The lowest BCUT2D eigenvalue weighted by molar-refractivity contribution is -0.123. The highest BCUT2D eigenvalue weighted by atomic mass is 32.1. The SMILES string of the molecule is N#Cc1cccc(NC(=O)C2CN(C(=O)c3cccs3)C2)c1. The number of nitrogens with zero attached hydrogens (tertiary/aromatic N) is 2. The largest absolute Gasteiger partial charge is 0.336 e. The van der Waals surface area contributed by atoms with Gasteiger partial charge in [-0.3, -0.25) is 9.59 Å². The van der Waals surface area contributed by atoms with Crippen LogP contribution in [-0.4, -0.2) is 29.8 Å². The van der Waals surface area contributed by atoms with Crippen LogP contribution in [0.4, 0.5) is 5.69 Å². The van der Waals surface area contributed by atoms with Gasteiger partial charge in [-0.05, 0) is 29.6 Å². The van der Waals surface area contributed by atoms with Gasteiger partial charge in [0, 0.05) is 18.8 Å². The molecule has 5 nitrogen and oxygen atoms in total. The summed E-state index contributed by atoms with van der Waals surface area (Å²) in [4.78, 5) is 26.5. The fraction of sp³-hybridized carbons (Fsp3) is 0.188. The van der Waals surface area contributed by atoms with Crippen molar-refractivity contribution < 1.29 is 9.59 Å². The molecule has 1 saturated heterocycles. The number of likely N-dealkylation sites (tertiary alicyclic amines) is 1. The second-order valence-electron chi connectivity index (χ2n) is 5.07. The minimum atomic E-state index is -0.199. The standard InChI is InChI=1S/C16H13N3O2S/c17-8-11-3-1-4-13(7-11)18-15(20)12-9-19(10-12)16(21)14-5-2-6-22-14/h1-7,12H,9-10H2,(H,18,20). The Kier molecular flexibility index (Phi) is 3.90. The van der Waals surface area contributed by atoms with E-state index in [9.17, 15) is 9.59 Å². The minimum absolute atomic E-state index is 0.0227. The Bertz CT molecular complexity index is 743. The first-order valence-electron chi connectivity index (χ1n) is 6.81. The van der Waals surface area contributed by atoms with E-state index < -0.39 is 0 Å². The molecule has 22 heavy (non-hydrogen) atoms. The summed E-state index contributed by atoms with van der Waals surface area (Å²) in [6.07, 6.45) is 0. The van der Waals surface area contributed by atoms with Crippen LogP contribution in [0.25, 0.3) is 0 Å². The van der Waals surface area contributed by atoms with Crippen molar-refractivity contribution in [3.8, 4) is 6.07 Å². The third-order valence-corrected chi connectivity index (χ3v) is 4.39.